The number of hydrogen-bond acceptors (Lipinski definition) is 0. The minimum Gasteiger partial charge on any atom is -0.0610 e. The quantitative estimate of drug-likeness (QED) is 0.229. The van der Waals surface area contributed by atoms with E-state index in [1.807, 2.05) is 0 Å². The SMILES string of the molecule is c1cc2c3c4c(ccc3c1)-c1ccc3c5c1C4c1c-2ccc2c1C5c1c-3ccc3cccc-2c13. The summed E-state index contributed by atoms with van der Waals surface area (Å²) in [7, 11) is 0. The Morgan fingerprint density at radius 2 is 0.647 bits per heavy atom. The third kappa shape index (κ3) is 1.31. The highest BCUT2D eigenvalue weighted by atomic mass is 14.5. The first kappa shape index (κ1) is 15.6. The molecule has 2 unspecified atom stereocenters. The smallest absolute Gasteiger partial charge is 0.0371 e. The zero-order chi connectivity index (χ0) is 21.4. The van der Waals surface area contributed by atoms with Gasteiger partial charge in [0.05, 0.1) is 0 Å². The maximum Gasteiger partial charge on any atom is 0.0371 e. The van der Waals surface area contributed by atoms with Crippen LogP contribution in [0.4, 0.5) is 0 Å². The Labute approximate surface area is 196 Å². The first-order valence-electron chi connectivity index (χ1n) is 12.4. The van der Waals surface area contributed by atoms with Gasteiger partial charge in [-0.2, -0.15) is 0 Å². The predicted molar refractivity (Wildman–Crippen MR) is 139 cm³/mol. The fourth-order valence-corrected chi connectivity index (χ4v) is 8.66. The second-order valence-corrected chi connectivity index (χ2v) is 10.7. The molecule has 0 bridgehead atoms. The highest BCUT2D eigenvalue weighted by Crippen LogP contribution is 2.69. The van der Waals surface area contributed by atoms with Gasteiger partial charge < -0.3 is 0 Å². The fraction of sp³-hybridized carbons (Fsp3) is 0.0588. The first-order valence-corrected chi connectivity index (χ1v) is 12.4. The second kappa shape index (κ2) is 4.58. The lowest BCUT2D eigenvalue weighted by Crippen LogP contribution is -2.22. The predicted octanol–water partition coefficient (Wildman–Crippen LogP) is 8.59. The van der Waals surface area contributed by atoms with Crippen molar-refractivity contribution >= 4 is 21.5 Å². The largest absolute Gasteiger partial charge is 0.0610 e. The van der Waals surface area contributed by atoms with Gasteiger partial charge in [0.25, 0.3) is 0 Å². The van der Waals surface area contributed by atoms with Crippen LogP contribution in [0.2, 0.25) is 0 Å². The van der Waals surface area contributed by atoms with Gasteiger partial charge in [0.1, 0.15) is 0 Å². The van der Waals surface area contributed by atoms with Gasteiger partial charge in [0.15, 0.2) is 0 Å². The molecule has 0 fully saturated rings. The summed E-state index contributed by atoms with van der Waals surface area (Å²) < 4.78 is 0. The molecule has 0 aromatic heterocycles. The fourth-order valence-electron chi connectivity index (χ4n) is 8.66. The molecule has 0 heterocycles. The zero-order valence-corrected chi connectivity index (χ0v) is 18.2. The van der Waals surface area contributed by atoms with Crippen LogP contribution in [-0.2, 0) is 0 Å². The lowest BCUT2D eigenvalue weighted by atomic mass is 9.63. The summed E-state index contributed by atoms with van der Waals surface area (Å²) in [5.74, 6) is 0.740. The molecule has 2 atom stereocenters. The van der Waals surface area contributed by atoms with E-state index in [9.17, 15) is 0 Å². The molecule has 0 saturated heterocycles. The third-order valence-corrected chi connectivity index (χ3v) is 9.64. The molecule has 0 aliphatic heterocycles. The van der Waals surface area contributed by atoms with Crippen molar-refractivity contribution in [3.8, 4) is 44.5 Å². The lowest BCUT2D eigenvalue weighted by Gasteiger charge is -2.39. The number of rotatable bonds is 0. The van der Waals surface area contributed by atoms with Gasteiger partial charge in [-0.05, 0) is 99.4 Å². The van der Waals surface area contributed by atoms with Crippen LogP contribution in [0.1, 0.15) is 45.2 Å². The van der Waals surface area contributed by atoms with Gasteiger partial charge in [0.2, 0.25) is 0 Å². The summed E-state index contributed by atoms with van der Waals surface area (Å²) >= 11 is 0. The summed E-state index contributed by atoms with van der Waals surface area (Å²) in [5.41, 5.74) is 21.2. The third-order valence-electron chi connectivity index (χ3n) is 9.64. The van der Waals surface area contributed by atoms with Crippen molar-refractivity contribution in [2.75, 3.05) is 0 Å². The van der Waals surface area contributed by atoms with Gasteiger partial charge in [-0.1, -0.05) is 84.9 Å². The summed E-state index contributed by atoms with van der Waals surface area (Å²) in [5, 5.41) is 5.72. The molecule has 0 amide bonds. The van der Waals surface area contributed by atoms with Crippen molar-refractivity contribution in [1.29, 1.82) is 0 Å². The Balaban J connectivity index is 1.50. The van der Waals surface area contributed by atoms with E-state index < -0.39 is 0 Å². The van der Waals surface area contributed by atoms with Crippen LogP contribution in [0.5, 0.6) is 0 Å². The Kier molecular flexibility index (Phi) is 2.11. The molecule has 0 spiro atoms. The van der Waals surface area contributed by atoms with E-state index >= 15 is 0 Å². The normalized spacial score (nSPS) is 19.2. The van der Waals surface area contributed by atoms with E-state index in [1.54, 1.807) is 33.4 Å². The minimum absolute atomic E-state index is 0.370. The molecule has 152 valence electrons. The average molecular weight is 425 g/mol. The van der Waals surface area contributed by atoms with Crippen molar-refractivity contribution in [1.82, 2.24) is 0 Å². The zero-order valence-electron chi connectivity index (χ0n) is 18.2. The van der Waals surface area contributed by atoms with Gasteiger partial charge in [-0.3, -0.25) is 0 Å². The van der Waals surface area contributed by atoms with Gasteiger partial charge >= 0.3 is 0 Å². The number of hydrogen-bond donors (Lipinski definition) is 0. The molecule has 5 aliphatic rings. The van der Waals surface area contributed by atoms with E-state index in [2.05, 4.69) is 84.9 Å². The standard InChI is InChI=1S/C34H16/c1-3-15-7-9-19-23-13-14-24-20-10-8-16-4-2-6-18-22-12-11-21-17(5-1)25(15)27(19)33-29(21)30(22)34(28(20)26(16)18)32(24)31(23)33/h1-14,33-34H. The summed E-state index contributed by atoms with van der Waals surface area (Å²) in [6.07, 6.45) is 0. The molecule has 0 heteroatoms. The molecule has 5 aliphatic carbocycles. The van der Waals surface area contributed by atoms with Gasteiger partial charge in [0, 0.05) is 11.8 Å². The summed E-state index contributed by atoms with van der Waals surface area (Å²) in [4.78, 5) is 0. The molecule has 11 rings (SSSR count). The first-order chi connectivity index (χ1) is 16.9. The maximum atomic E-state index is 2.44. The molecule has 0 radical (unpaired) electrons. The molecule has 0 nitrogen and oxygen atoms in total. The molecule has 6 aromatic rings. The molecule has 0 saturated carbocycles. The Morgan fingerprint density at radius 1 is 0.294 bits per heavy atom. The van der Waals surface area contributed by atoms with Crippen molar-refractivity contribution in [2.45, 2.75) is 11.8 Å². The highest BCUT2D eigenvalue weighted by molar-refractivity contribution is 6.15. The van der Waals surface area contributed by atoms with Crippen LogP contribution in [0.25, 0.3) is 66.1 Å². The Hall–Kier alpha value is -4.16. The van der Waals surface area contributed by atoms with E-state index in [0.717, 1.165) is 0 Å². The second-order valence-electron chi connectivity index (χ2n) is 10.7. The van der Waals surface area contributed by atoms with Crippen molar-refractivity contribution in [3.05, 3.63) is 118 Å². The lowest BCUT2D eigenvalue weighted by molar-refractivity contribution is 0.861. The van der Waals surface area contributed by atoms with Crippen molar-refractivity contribution in [2.24, 2.45) is 0 Å². The maximum absolute atomic E-state index is 2.44. The van der Waals surface area contributed by atoms with Crippen LogP contribution in [-0.4, -0.2) is 0 Å². The van der Waals surface area contributed by atoms with E-state index in [0.29, 0.717) is 11.8 Å². The monoisotopic (exact) mass is 424 g/mol. The summed E-state index contributed by atoms with van der Waals surface area (Å²) in [6.45, 7) is 0. The molecular formula is C34H16. The Bertz CT molecular complexity index is 1920. The number of benzene rings is 6. The van der Waals surface area contributed by atoms with Crippen LogP contribution in [0, 0.1) is 0 Å². The van der Waals surface area contributed by atoms with Crippen LogP contribution < -0.4 is 0 Å². The van der Waals surface area contributed by atoms with E-state index in [1.165, 1.54) is 66.1 Å². The van der Waals surface area contributed by atoms with Gasteiger partial charge in [-0.15, -0.1) is 0 Å². The number of fused-ring (bicyclic) bond motifs is 4. The molecule has 0 N–H and O–H groups in total. The average Bonchev–Trinajstić information content (AvgIpc) is 3.41. The van der Waals surface area contributed by atoms with E-state index in [-0.39, 0.29) is 0 Å². The molecular weight excluding hydrogens is 408 g/mol. The summed E-state index contributed by atoms with van der Waals surface area (Å²) in [6, 6.07) is 33.0. The van der Waals surface area contributed by atoms with Crippen LogP contribution >= 0.6 is 0 Å². The molecule has 6 aromatic carbocycles. The van der Waals surface area contributed by atoms with Crippen LogP contribution in [0.3, 0.4) is 0 Å². The Morgan fingerprint density at radius 3 is 1.09 bits per heavy atom. The van der Waals surface area contributed by atoms with Crippen molar-refractivity contribution in [3.63, 3.8) is 0 Å². The van der Waals surface area contributed by atoms with Crippen molar-refractivity contribution < 1.29 is 0 Å². The highest BCUT2D eigenvalue weighted by Gasteiger charge is 2.50. The minimum atomic E-state index is 0.370. The van der Waals surface area contributed by atoms with E-state index in [4.69, 9.17) is 0 Å². The van der Waals surface area contributed by atoms with Gasteiger partial charge in [-0.25, -0.2) is 0 Å². The topological polar surface area (TPSA) is 0 Å². The van der Waals surface area contributed by atoms with Crippen LogP contribution in [0.15, 0.2) is 84.9 Å². The molecule has 34 heavy (non-hydrogen) atoms.